The molecule has 0 aliphatic heterocycles. The van der Waals surface area contributed by atoms with Gasteiger partial charge in [-0.05, 0) is 111 Å². The Morgan fingerprint density at radius 2 is 0.812 bits per heavy atom. The summed E-state index contributed by atoms with van der Waals surface area (Å²) in [5.41, 5.74) is 10.0. The van der Waals surface area contributed by atoms with Crippen molar-refractivity contribution in [3.05, 3.63) is 188 Å². The molecule has 0 amide bonds. The predicted octanol–water partition coefficient (Wildman–Crippen LogP) is 13.2. The van der Waals surface area contributed by atoms with Crippen molar-refractivity contribution in [2.24, 2.45) is 0 Å². The molecule has 8 aromatic carbocycles. The Hall–Kier alpha value is -6.38. The van der Waals surface area contributed by atoms with Gasteiger partial charge in [-0.2, -0.15) is 0 Å². The molecule has 0 aliphatic rings. The van der Waals surface area contributed by atoms with Gasteiger partial charge in [0.2, 0.25) is 0 Å². The minimum atomic E-state index is 0.867. The number of benzene rings is 8. The lowest BCUT2D eigenvalue weighted by atomic mass is 10.0. The molecule has 0 unspecified atom stereocenters. The molecule has 0 spiro atoms. The third-order valence-corrected chi connectivity index (χ3v) is 9.28. The van der Waals surface area contributed by atoms with Crippen LogP contribution in [0.1, 0.15) is 0 Å². The first kappa shape index (κ1) is 27.9. The SMILES string of the molecule is c1ccc(-c2ccc(N(c3ccc(-c4ccc5ccccc5c4)cc3)c3ccc(-c4cc5c(ccc6ccccc65)o4)cc3)cc2)cc1. The first-order valence-corrected chi connectivity index (χ1v) is 16.3. The highest BCUT2D eigenvalue weighted by Crippen LogP contribution is 2.39. The maximum atomic E-state index is 6.36. The fourth-order valence-corrected chi connectivity index (χ4v) is 6.76. The van der Waals surface area contributed by atoms with Gasteiger partial charge in [0.1, 0.15) is 11.3 Å². The van der Waals surface area contributed by atoms with Crippen LogP contribution in [0.4, 0.5) is 17.1 Å². The van der Waals surface area contributed by atoms with E-state index in [0.717, 1.165) is 39.4 Å². The van der Waals surface area contributed by atoms with Crippen molar-refractivity contribution < 1.29 is 4.42 Å². The number of furan rings is 1. The van der Waals surface area contributed by atoms with Gasteiger partial charge in [0.05, 0.1) is 0 Å². The quantitative estimate of drug-likeness (QED) is 0.185. The van der Waals surface area contributed by atoms with Crippen LogP contribution in [0.3, 0.4) is 0 Å². The van der Waals surface area contributed by atoms with Crippen LogP contribution in [0.25, 0.3) is 66.1 Å². The number of hydrogen-bond donors (Lipinski definition) is 0. The third-order valence-electron chi connectivity index (χ3n) is 9.28. The summed E-state index contributed by atoms with van der Waals surface area (Å²) >= 11 is 0. The minimum Gasteiger partial charge on any atom is -0.456 e. The average molecular weight is 614 g/mol. The topological polar surface area (TPSA) is 16.4 Å². The zero-order chi connectivity index (χ0) is 31.9. The van der Waals surface area contributed by atoms with Crippen LogP contribution < -0.4 is 4.90 Å². The smallest absolute Gasteiger partial charge is 0.135 e. The van der Waals surface area contributed by atoms with Gasteiger partial charge >= 0.3 is 0 Å². The van der Waals surface area contributed by atoms with E-state index in [1.54, 1.807) is 0 Å². The Morgan fingerprint density at radius 3 is 1.50 bits per heavy atom. The van der Waals surface area contributed by atoms with Crippen molar-refractivity contribution in [2.75, 3.05) is 4.90 Å². The summed E-state index contributed by atoms with van der Waals surface area (Å²) in [4.78, 5) is 2.31. The van der Waals surface area contributed by atoms with Gasteiger partial charge in [0, 0.05) is 28.0 Å². The van der Waals surface area contributed by atoms with Crippen molar-refractivity contribution >= 4 is 49.6 Å². The summed E-state index contributed by atoms with van der Waals surface area (Å²) in [6.45, 7) is 0. The minimum absolute atomic E-state index is 0.867. The maximum absolute atomic E-state index is 6.36. The molecular weight excluding hydrogens is 583 g/mol. The van der Waals surface area contributed by atoms with Crippen LogP contribution in [0.5, 0.6) is 0 Å². The van der Waals surface area contributed by atoms with Gasteiger partial charge in [-0.1, -0.05) is 121 Å². The van der Waals surface area contributed by atoms with Crippen LogP contribution in [0.15, 0.2) is 192 Å². The number of nitrogens with zero attached hydrogens (tertiary/aromatic N) is 1. The molecule has 1 heterocycles. The summed E-state index contributed by atoms with van der Waals surface area (Å²) in [5.74, 6) is 0.867. The monoisotopic (exact) mass is 613 g/mol. The zero-order valence-electron chi connectivity index (χ0n) is 26.3. The molecule has 0 fully saturated rings. The van der Waals surface area contributed by atoms with Crippen molar-refractivity contribution in [3.8, 4) is 33.6 Å². The fraction of sp³-hybridized carbons (Fsp3) is 0. The van der Waals surface area contributed by atoms with E-state index in [9.17, 15) is 0 Å². The summed E-state index contributed by atoms with van der Waals surface area (Å²) < 4.78 is 6.36. The van der Waals surface area contributed by atoms with E-state index >= 15 is 0 Å². The van der Waals surface area contributed by atoms with Gasteiger partial charge in [-0.25, -0.2) is 0 Å². The number of rotatable bonds is 6. The van der Waals surface area contributed by atoms with Crippen LogP contribution in [-0.4, -0.2) is 0 Å². The standard InChI is InChI=1S/C46H31NO/c1-2-8-32(9-3-1)34-16-23-40(24-17-34)47(41-25-18-35(19-26-41)39-15-14-33-10-4-5-12-38(33)30-39)42-27-20-37(21-28-42)46-31-44-43-13-7-6-11-36(43)22-29-45(44)48-46/h1-31H. The lowest BCUT2D eigenvalue weighted by Gasteiger charge is -2.26. The normalized spacial score (nSPS) is 11.3. The number of fused-ring (bicyclic) bond motifs is 4. The Labute approximate surface area is 279 Å². The molecule has 0 radical (unpaired) electrons. The van der Waals surface area contributed by atoms with Gasteiger partial charge in [0.25, 0.3) is 0 Å². The van der Waals surface area contributed by atoms with E-state index < -0.39 is 0 Å². The zero-order valence-corrected chi connectivity index (χ0v) is 26.3. The maximum Gasteiger partial charge on any atom is 0.135 e. The molecule has 2 heteroatoms. The van der Waals surface area contributed by atoms with Gasteiger partial charge in [0.15, 0.2) is 0 Å². The molecule has 0 aliphatic carbocycles. The largest absolute Gasteiger partial charge is 0.456 e. The molecule has 48 heavy (non-hydrogen) atoms. The highest BCUT2D eigenvalue weighted by molar-refractivity contribution is 6.07. The molecule has 0 bridgehead atoms. The molecular formula is C46H31NO. The second kappa shape index (κ2) is 11.8. The molecule has 0 atom stereocenters. The van der Waals surface area contributed by atoms with Gasteiger partial charge in [-0.3, -0.25) is 0 Å². The molecule has 226 valence electrons. The lowest BCUT2D eigenvalue weighted by Crippen LogP contribution is -2.09. The van der Waals surface area contributed by atoms with Crippen molar-refractivity contribution in [1.82, 2.24) is 0 Å². The molecule has 0 saturated carbocycles. The van der Waals surface area contributed by atoms with Crippen molar-refractivity contribution in [1.29, 1.82) is 0 Å². The van der Waals surface area contributed by atoms with E-state index in [4.69, 9.17) is 4.42 Å². The Bertz CT molecular complexity index is 2530. The van der Waals surface area contributed by atoms with E-state index in [1.807, 2.05) is 0 Å². The highest BCUT2D eigenvalue weighted by Gasteiger charge is 2.15. The lowest BCUT2D eigenvalue weighted by molar-refractivity contribution is 0.632. The molecule has 2 nitrogen and oxygen atoms in total. The molecule has 0 N–H and O–H groups in total. The molecule has 1 aromatic heterocycles. The Morgan fingerprint density at radius 1 is 0.312 bits per heavy atom. The molecule has 9 aromatic rings. The fourth-order valence-electron chi connectivity index (χ4n) is 6.76. The van der Waals surface area contributed by atoms with Gasteiger partial charge < -0.3 is 9.32 Å². The van der Waals surface area contributed by atoms with E-state index in [2.05, 4.69) is 193 Å². The van der Waals surface area contributed by atoms with Crippen LogP contribution in [0.2, 0.25) is 0 Å². The summed E-state index contributed by atoms with van der Waals surface area (Å²) in [7, 11) is 0. The Kier molecular flexibility index (Phi) is 6.84. The van der Waals surface area contributed by atoms with E-state index in [-0.39, 0.29) is 0 Å². The number of anilines is 3. The average Bonchev–Trinajstić information content (AvgIpc) is 3.61. The van der Waals surface area contributed by atoms with Crippen LogP contribution >= 0.6 is 0 Å². The summed E-state index contributed by atoms with van der Waals surface area (Å²) in [6.07, 6.45) is 0. The Balaban J connectivity index is 1.09. The van der Waals surface area contributed by atoms with Crippen molar-refractivity contribution in [3.63, 3.8) is 0 Å². The predicted molar refractivity (Wildman–Crippen MR) is 202 cm³/mol. The second-order valence-corrected chi connectivity index (χ2v) is 12.2. The van der Waals surface area contributed by atoms with E-state index in [0.29, 0.717) is 0 Å². The highest BCUT2D eigenvalue weighted by atomic mass is 16.3. The summed E-state index contributed by atoms with van der Waals surface area (Å²) in [6, 6.07) is 66.9. The third kappa shape index (κ3) is 5.10. The first-order valence-electron chi connectivity index (χ1n) is 16.3. The van der Waals surface area contributed by atoms with Crippen LogP contribution in [-0.2, 0) is 0 Å². The number of hydrogen-bond acceptors (Lipinski definition) is 2. The molecule has 0 saturated heterocycles. The first-order chi connectivity index (χ1) is 23.8. The van der Waals surface area contributed by atoms with E-state index in [1.165, 1.54) is 43.8 Å². The molecule has 9 rings (SSSR count). The second-order valence-electron chi connectivity index (χ2n) is 12.2. The summed E-state index contributed by atoms with van der Waals surface area (Å²) in [5, 5.41) is 6.06. The van der Waals surface area contributed by atoms with Crippen LogP contribution in [0, 0.1) is 0 Å². The van der Waals surface area contributed by atoms with Gasteiger partial charge in [-0.15, -0.1) is 0 Å². The van der Waals surface area contributed by atoms with Crippen molar-refractivity contribution in [2.45, 2.75) is 0 Å².